The van der Waals surface area contributed by atoms with Crippen molar-refractivity contribution in [2.24, 2.45) is 0 Å². The molecule has 3 nitrogen and oxygen atoms in total. The lowest BCUT2D eigenvalue weighted by Gasteiger charge is -2.06. The summed E-state index contributed by atoms with van der Waals surface area (Å²) >= 11 is 2.86. The van der Waals surface area contributed by atoms with E-state index < -0.39 is 29.6 Å². The van der Waals surface area contributed by atoms with Crippen LogP contribution in [0.2, 0.25) is 0 Å². The molecule has 0 saturated heterocycles. The monoisotopic (exact) mass is 283 g/mol. The van der Waals surface area contributed by atoms with Gasteiger partial charge in [0.25, 0.3) is 6.43 Å². The summed E-state index contributed by atoms with van der Waals surface area (Å²) in [5, 5.41) is 8.57. The molecule has 82 valence electrons. The Hall–Kier alpha value is -1.11. The fourth-order valence-corrected chi connectivity index (χ4v) is 1.52. The first-order valence-electron chi connectivity index (χ1n) is 3.74. The van der Waals surface area contributed by atoms with E-state index in [9.17, 15) is 18.0 Å². The lowest BCUT2D eigenvalue weighted by Crippen LogP contribution is -2.08. The number of nitrogens with zero attached hydrogens (tertiary/aromatic N) is 1. The summed E-state index contributed by atoms with van der Waals surface area (Å²) in [6.07, 6.45) is -3.00. The first-order valence-corrected chi connectivity index (χ1v) is 4.86. The zero-order valence-corrected chi connectivity index (χ0v) is 8.76. The lowest BCUT2D eigenvalue weighted by molar-refractivity contribution is 0.0694. The molecule has 1 heterocycles. The van der Waals surface area contributed by atoms with Gasteiger partial charge in [-0.15, -0.1) is 0 Å². The Balaban J connectivity index is 3.38. The Morgan fingerprint density at radius 1 is 1.60 bits per heavy atom. The molecule has 0 unspecified atom stereocenters. The average Bonchev–Trinajstić information content (AvgIpc) is 2.16. The zero-order chi connectivity index (χ0) is 11.6. The van der Waals surface area contributed by atoms with E-state index in [4.69, 9.17) is 5.11 Å². The normalized spacial score (nSPS) is 10.7. The molecule has 0 aromatic carbocycles. The Kier molecular flexibility index (Phi) is 3.67. The lowest BCUT2D eigenvalue weighted by atomic mass is 10.1. The molecule has 1 aromatic rings. The second-order valence-corrected chi connectivity index (χ2v) is 3.16. The van der Waals surface area contributed by atoms with E-state index >= 15 is 0 Å². The van der Waals surface area contributed by atoms with Crippen LogP contribution in [0, 0.1) is 5.95 Å². The van der Waals surface area contributed by atoms with Crippen LogP contribution in [-0.2, 0) is 5.33 Å². The zero-order valence-electron chi connectivity index (χ0n) is 7.18. The quantitative estimate of drug-likeness (QED) is 0.686. The number of rotatable bonds is 3. The van der Waals surface area contributed by atoms with Gasteiger partial charge in [0.1, 0.15) is 5.69 Å². The van der Waals surface area contributed by atoms with Gasteiger partial charge in [0.05, 0.1) is 5.56 Å². The predicted octanol–water partition coefficient (Wildman–Crippen LogP) is 2.75. The highest BCUT2D eigenvalue weighted by Crippen LogP contribution is 2.23. The van der Waals surface area contributed by atoms with E-state index in [2.05, 4.69) is 20.9 Å². The minimum absolute atomic E-state index is 0.100. The number of hydrogen-bond donors (Lipinski definition) is 1. The molecule has 1 N–H and O–H groups in total. The summed E-state index contributed by atoms with van der Waals surface area (Å²) < 4.78 is 37.5. The van der Waals surface area contributed by atoms with Crippen LogP contribution in [0.5, 0.6) is 0 Å². The maximum Gasteiger partial charge on any atom is 0.336 e. The van der Waals surface area contributed by atoms with Gasteiger partial charge >= 0.3 is 5.97 Å². The summed E-state index contributed by atoms with van der Waals surface area (Å²) in [6, 6.07) is 0.673. The third-order valence-corrected chi connectivity index (χ3v) is 2.24. The predicted molar refractivity (Wildman–Crippen MR) is 48.7 cm³/mol. The van der Waals surface area contributed by atoms with Crippen LogP contribution in [0.4, 0.5) is 13.2 Å². The number of pyridine rings is 1. The number of carboxylic acid groups (broad SMARTS) is 1. The third kappa shape index (κ3) is 2.47. The maximum atomic E-state index is 13.1. The van der Waals surface area contributed by atoms with Gasteiger partial charge in [-0.25, -0.2) is 18.6 Å². The Morgan fingerprint density at radius 3 is 2.60 bits per heavy atom. The Bertz CT molecular complexity index is 398. The molecule has 0 aliphatic carbocycles. The number of hydrogen-bond acceptors (Lipinski definition) is 2. The molecule has 1 aromatic heterocycles. The number of carbonyl (C=O) groups is 1. The highest BCUT2D eigenvalue weighted by Gasteiger charge is 2.20. The largest absolute Gasteiger partial charge is 0.478 e. The summed E-state index contributed by atoms with van der Waals surface area (Å²) in [4.78, 5) is 13.6. The third-order valence-electron chi connectivity index (χ3n) is 1.68. The average molecular weight is 284 g/mol. The molecule has 0 amide bonds. The van der Waals surface area contributed by atoms with Gasteiger partial charge in [-0.1, -0.05) is 15.9 Å². The van der Waals surface area contributed by atoms with Crippen LogP contribution >= 0.6 is 15.9 Å². The van der Waals surface area contributed by atoms with Crippen molar-refractivity contribution in [3.05, 3.63) is 28.8 Å². The van der Waals surface area contributed by atoms with Gasteiger partial charge in [0.15, 0.2) is 0 Å². The Labute approximate surface area is 91.1 Å². The molecule has 0 fully saturated rings. The fraction of sp³-hybridized carbons (Fsp3) is 0.250. The molecule has 0 atom stereocenters. The van der Waals surface area contributed by atoms with Crippen LogP contribution in [0.3, 0.4) is 0 Å². The number of aromatic nitrogens is 1. The van der Waals surface area contributed by atoms with Crippen LogP contribution in [0.1, 0.15) is 28.0 Å². The minimum Gasteiger partial charge on any atom is -0.478 e. The molecule has 0 saturated carbocycles. The standard InChI is InChI=1S/C8H5BrF3NO2/c9-2-4-3(8(14)15)1-5(6(10)11)13-7(4)12/h1,6H,2H2,(H,14,15). The first-order chi connectivity index (χ1) is 6.97. The molecule has 0 bridgehead atoms. The van der Waals surface area contributed by atoms with Crippen molar-refractivity contribution in [2.45, 2.75) is 11.8 Å². The number of carboxylic acids is 1. The fourth-order valence-electron chi connectivity index (χ4n) is 0.989. The Morgan fingerprint density at radius 2 is 2.20 bits per heavy atom. The summed E-state index contributed by atoms with van der Waals surface area (Å²) in [7, 11) is 0. The highest BCUT2D eigenvalue weighted by atomic mass is 79.9. The van der Waals surface area contributed by atoms with Gasteiger partial charge in [0.2, 0.25) is 5.95 Å². The van der Waals surface area contributed by atoms with Gasteiger partial charge in [-0.3, -0.25) is 0 Å². The number of aromatic carboxylic acids is 1. The van der Waals surface area contributed by atoms with E-state index in [-0.39, 0.29) is 10.9 Å². The van der Waals surface area contributed by atoms with Crippen molar-refractivity contribution in [1.29, 1.82) is 0 Å². The van der Waals surface area contributed by atoms with Crippen LogP contribution < -0.4 is 0 Å². The summed E-state index contributed by atoms with van der Waals surface area (Å²) in [6.45, 7) is 0. The van der Waals surface area contributed by atoms with Crippen LogP contribution in [0.25, 0.3) is 0 Å². The molecular weight excluding hydrogens is 279 g/mol. The number of halogens is 4. The van der Waals surface area contributed by atoms with E-state index in [0.717, 1.165) is 0 Å². The van der Waals surface area contributed by atoms with Crippen molar-refractivity contribution in [3.63, 3.8) is 0 Å². The molecule has 1 rings (SSSR count). The van der Waals surface area contributed by atoms with Gasteiger partial charge in [0, 0.05) is 10.9 Å². The van der Waals surface area contributed by atoms with Crippen molar-refractivity contribution >= 4 is 21.9 Å². The van der Waals surface area contributed by atoms with Crippen molar-refractivity contribution in [2.75, 3.05) is 0 Å². The van der Waals surface area contributed by atoms with Gasteiger partial charge < -0.3 is 5.11 Å². The van der Waals surface area contributed by atoms with Gasteiger partial charge in [-0.05, 0) is 6.07 Å². The van der Waals surface area contributed by atoms with Gasteiger partial charge in [-0.2, -0.15) is 4.39 Å². The minimum atomic E-state index is -3.00. The van der Waals surface area contributed by atoms with E-state index in [0.29, 0.717) is 6.07 Å². The van der Waals surface area contributed by atoms with E-state index in [1.807, 2.05) is 0 Å². The van der Waals surface area contributed by atoms with E-state index in [1.54, 1.807) is 0 Å². The second kappa shape index (κ2) is 4.61. The summed E-state index contributed by atoms with van der Waals surface area (Å²) in [5.41, 5.74) is -1.63. The SMILES string of the molecule is O=C(O)c1cc(C(F)F)nc(F)c1CBr. The topological polar surface area (TPSA) is 50.2 Å². The van der Waals surface area contributed by atoms with Crippen LogP contribution in [-0.4, -0.2) is 16.1 Å². The molecule has 7 heteroatoms. The molecule has 0 spiro atoms. The van der Waals surface area contributed by atoms with Crippen LogP contribution in [0.15, 0.2) is 6.07 Å². The highest BCUT2D eigenvalue weighted by molar-refractivity contribution is 9.08. The van der Waals surface area contributed by atoms with Crippen molar-refractivity contribution in [1.82, 2.24) is 4.98 Å². The first kappa shape index (κ1) is 12.0. The molecule has 0 aliphatic rings. The smallest absolute Gasteiger partial charge is 0.336 e. The molecule has 0 radical (unpaired) electrons. The molecule has 15 heavy (non-hydrogen) atoms. The molecular formula is C8H5BrF3NO2. The number of alkyl halides is 3. The maximum absolute atomic E-state index is 13.1. The van der Waals surface area contributed by atoms with E-state index in [1.165, 1.54) is 0 Å². The molecule has 0 aliphatic heterocycles. The van der Waals surface area contributed by atoms with Crippen molar-refractivity contribution < 1.29 is 23.1 Å². The van der Waals surface area contributed by atoms with Crippen molar-refractivity contribution in [3.8, 4) is 0 Å². The second-order valence-electron chi connectivity index (χ2n) is 2.60. The summed E-state index contributed by atoms with van der Waals surface area (Å²) in [5.74, 6) is -2.66.